The van der Waals surface area contributed by atoms with Crippen molar-refractivity contribution in [1.29, 1.82) is 0 Å². The third-order valence-corrected chi connectivity index (χ3v) is 5.37. The summed E-state index contributed by atoms with van der Waals surface area (Å²) in [7, 11) is 1.56. The zero-order valence-electron chi connectivity index (χ0n) is 18.1. The number of Topliss-reactive ketones (excluding diaryl/α,β-unsaturated/α-hetero) is 1. The van der Waals surface area contributed by atoms with E-state index in [4.69, 9.17) is 13.9 Å². The van der Waals surface area contributed by atoms with Crippen LogP contribution < -0.4 is 9.47 Å². The second kappa shape index (κ2) is 9.48. The largest absolute Gasteiger partial charge is 0.507 e. The van der Waals surface area contributed by atoms with Crippen LogP contribution in [0.15, 0.2) is 89.6 Å². The van der Waals surface area contributed by atoms with Gasteiger partial charge in [0.1, 0.15) is 29.6 Å². The minimum absolute atomic E-state index is 0.0106. The third-order valence-electron chi connectivity index (χ3n) is 5.37. The summed E-state index contributed by atoms with van der Waals surface area (Å²) >= 11 is 0. The molecule has 1 atom stereocenters. The highest BCUT2D eigenvalue weighted by Gasteiger charge is 2.46. The summed E-state index contributed by atoms with van der Waals surface area (Å²) in [6.45, 7) is 4.04. The molecule has 33 heavy (non-hydrogen) atoms. The molecule has 4 rings (SSSR count). The monoisotopic (exact) mass is 445 g/mol. The maximum atomic E-state index is 13.1. The molecule has 1 aromatic heterocycles. The highest BCUT2D eigenvalue weighted by molar-refractivity contribution is 6.46. The molecule has 1 fully saturated rings. The minimum atomic E-state index is -0.794. The van der Waals surface area contributed by atoms with Crippen LogP contribution in [0.1, 0.15) is 22.9 Å². The molecule has 7 heteroatoms. The Morgan fingerprint density at radius 2 is 1.79 bits per heavy atom. The average molecular weight is 445 g/mol. The van der Waals surface area contributed by atoms with Crippen molar-refractivity contribution in [3.63, 3.8) is 0 Å². The number of carbonyl (C=O) groups is 2. The lowest BCUT2D eigenvalue weighted by atomic mass is 9.95. The van der Waals surface area contributed by atoms with E-state index in [9.17, 15) is 14.7 Å². The van der Waals surface area contributed by atoms with Crippen LogP contribution in [0.2, 0.25) is 0 Å². The van der Waals surface area contributed by atoms with Crippen molar-refractivity contribution in [3.8, 4) is 11.5 Å². The molecule has 2 aromatic carbocycles. The predicted molar refractivity (Wildman–Crippen MR) is 122 cm³/mol. The molecule has 0 spiro atoms. The van der Waals surface area contributed by atoms with Crippen LogP contribution in [0.5, 0.6) is 11.5 Å². The average Bonchev–Trinajstić information content (AvgIpc) is 3.45. The maximum absolute atomic E-state index is 13.1. The van der Waals surface area contributed by atoms with Gasteiger partial charge in [0, 0.05) is 5.56 Å². The molecule has 1 aliphatic rings. The molecule has 1 aliphatic heterocycles. The molecule has 2 heterocycles. The van der Waals surface area contributed by atoms with Gasteiger partial charge in [-0.1, -0.05) is 24.8 Å². The van der Waals surface area contributed by atoms with E-state index in [0.29, 0.717) is 35.0 Å². The van der Waals surface area contributed by atoms with E-state index in [-0.39, 0.29) is 17.9 Å². The number of amides is 1. The summed E-state index contributed by atoms with van der Waals surface area (Å²) in [5.41, 5.74) is 1.07. The molecule has 7 nitrogen and oxygen atoms in total. The molecule has 168 valence electrons. The van der Waals surface area contributed by atoms with Gasteiger partial charge in [0.15, 0.2) is 0 Å². The summed E-state index contributed by atoms with van der Waals surface area (Å²) in [5.74, 6) is 0.0327. The van der Waals surface area contributed by atoms with Crippen molar-refractivity contribution < 1.29 is 28.6 Å². The summed E-state index contributed by atoms with van der Waals surface area (Å²) < 4.78 is 16.1. The standard InChI is InChI=1S/C26H23NO6/c1-3-14-32-20-12-8-18(9-13-20)24(28)22-23(17-6-10-19(31-2)11-7-17)27(26(30)25(22)29)16-21-5-4-15-33-21/h3-13,15,23,28H,1,14,16H2,2H3/t23-/m1/s1. The van der Waals surface area contributed by atoms with E-state index >= 15 is 0 Å². The predicted octanol–water partition coefficient (Wildman–Crippen LogP) is 4.47. The van der Waals surface area contributed by atoms with Gasteiger partial charge in [-0.25, -0.2) is 0 Å². The maximum Gasteiger partial charge on any atom is 0.296 e. The Hall–Kier alpha value is -4.26. The Kier molecular flexibility index (Phi) is 6.31. The quantitative estimate of drug-likeness (QED) is 0.238. The first-order valence-corrected chi connectivity index (χ1v) is 10.3. The lowest BCUT2D eigenvalue weighted by Crippen LogP contribution is -2.29. The van der Waals surface area contributed by atoms with Crippen molar-refractivity contribution in [2.24, 2.45) is 0 Å². The van der Waals surface area contributed by atoms with Crippen molar-refractivity contribution in [3.05, 3.63) is 102 Å². The van der Waals surface area contributed by atoms with Crippen molar-refractivity contribution in [2.75, 3.05) is 13.7 Å². The summed E-state index contributed by atoms with van der Waals surface area (Å²) in [6.07, 6.45) is 3.13. The molecule has 0 saturated carbocycles. The van der Waals surface area contributed by atoms with Crippen molar-refractivity contribution >= 4 is 17.4 Å². The Bertz CT molecular complexity index is 1180. The molecular formula is C26H23NO6. The topological polar surface area (TPSA) is 89.2 Å². The van der Waals surface area contributed by atoms with Crippen LogP contribution in [0.25, 0.3) is 5.76 Å². The number of furan rings is 1. The molecule has 3 aromatic rings. The van der Waals surface area contributed by atoms with Gasteiger partial charge >= 0.3 is 0 Å². The molecule has 0 bridgehead atoms. The SMILES string of the molecule is C=CCOc1ccc(C(O)=C2C(=O)C(=O)N(Cc3ccco3)[C@@H]2c2ccc(OC)cc2)cc1. The molecule has 0 unspecified atom stereocenters. The van der Waals surface area contributed by atoms with Gasteiger partial charge in [-0.15, -0.1) is 0 Å². The van der Waals surface area contributed by atoms with Gasteiger partial charge in [0.05, 0.1) is 31.5 Å². The molecule has 0 aliphatic carbocycles. The molecule has 1 N–H and O–H groups in total. The summed E-state index contributed by atoms with van der Waals surface area (Å²) in [6, 6.07) is 16.3. The number of methoxy groups -OCH3 is 1. The van der Waals surface area contributed by atoms with Gasteiger partial charge in [0.2, 0.25) is 0 Å². The van der Waals surface area contributed by atoms with Crippen LogP contribution in [0, 0.1) is 0 Å². The zero-order valence-corrected chi connectivity index (χ0v) is 18.1. The normalized spacial score (nSPS) is 17.2. The fourth-order valence-electron chi connectivity index (χ4n) is 3.77. The number of rotatable bonds is 8. The van der Waals surface area contributed by atoms with Gasteiger partial charge in [-0.2, -0.15) is 0 Å². The van der Waals surface area contributed by atoms with Crippen molar-refractivity contribution in [2.45, 2.75) is 12.6 Å². The van der Waals surface area contributed by atoms with Gasteiger partial charge in [0.25, 0.3) is 11.7 Å². The van der Waals surface area contributed by atoms with E-state index < -0.39 is 17.7 Å². The molecular weight excluding hydrogens is 422 g/mol. The highest BCUT2D eigenvalue weighted by Crippen LogP contribution is 2.40. The van der Waals surface area contributed by atoms with Crippen LogP contribution in [-0.4, -0.2) is 35.4 Å². The van der Waals surface area contributed by atoms with E-state index in [2.05, 4.69) is 6.58 Å². The van der Waals surface area contributed by atoms with E-state index in [0.717, 1.165) is 0 Å². The van der Waals surface area contributed by atoms with Gasteiger partial charge in [-0.3, -0.25) is 9.59 Å². The highest BCUT2D eigenvalue weighted by atomic mass is 16.5. The van der Waals surface area contributed by atoms with Gasteiger partial charge < -0.3 is 23.9 Å². The number of ketones is 1. The molecule has 1 amide bonds. The van der Waals surface area contributed by atoms with Crippen LogP contribution >= 0.6 is 0 Å². The van der Waals surface area contributed by atoms with E-state index in [1.807, 2.05) is 0 Å². The van der Waals surface area contributed by atoms with E-state index in [1.54, 1.807) is 73.8 Å². The second-order valence-corrected chi connectivity index (χ2v) is 7.40. The van der Waals surface area contributed by atoms with Crippen LogP contribution in [-0.2, 0) is 16.1 Å². The number of ether oxygens (including phenoxy) is 2. The van der Waals surface area contributed by atoms with Crippen LogP contribution in [0.4, 0.5) is 0 Å². The Labute approximate surface area is 191 Å². The summed E-state index contributed by atoms with van der Waals surface area (Å²) in [4.78, 5) is 27.5. The lowest BCUT2D eigenvalue weighted by Gasteiger charge is -2.24. The second-order valence-electron chi connectivity index (χ2n) is 7.40. The number of carbonyl (C=O) groups excluding carboxylic acids is 2. The number of hydrogen-bond donors (Lipinski definition) is 1. The van der Waals surface area contributed by atoms with Crippen LogP contribution in [0.3, 0.4) is 0 Å². The Balaban J connectivity index is 1.78. The number of benzene rings is 2. The first-order valence-electron chi connectivity index (χ1n) is 10.3. The number of aliphatic hydroxyl groups excluding tert-OH is 1. The zero-order chi connectivity index (χ0) is 23.4. The fraction of sp³-hybridized carbons (Fsp3) is 0.154. The molecule has 0 radical (unpaired) electrons. The van der Waals surface area contributed by atoms with E-state index in [1.165, 1.54) is 11.2 Å². The number of nitrogens with zero attached hydrogens (tertiary/aromatic N) is 1. The number of aliphatic hydroxyl groups is 1. The number of hydrogen-bond acceptors (Lipinski definition) is 6. The summed E-state index contributed by atoms with van der Waals surface area (Å²) in [5, 5.41) is 11.1. The minimum Gasteiger partial charge on any atom is -0.507 e. The first kappa shape index (κ1) is 22.0. The van der Waals surface area contributed by atoms with Gasteiger partial charge in [-0.05, 0) is 54.1 Å². The Morgan fingerprint density at radius 3 is 2.39 bits per heavy atom. The number of likely N-dealkylation sites (tertiary alicyclic amines) is 1. The third kappa shape index (κ3) is 4.39. The van der Waals surface area contributed by atoms with Crippen molar-refractivity contribution in [1.82, 2.24) is 4.90 Å². The fourth-order valence-corrected chi connectivity index (χ4v) is 3.77. The smallest absolute Gasteiger partial charge is 0.296 e. The first-order chi connectivity index (χ1) is 16.0. The molecule has 1 saturated heterocycles. The lowest BCUT2D eigenvalue weighted by molar-refractivity contribution is -0.140. The Morgan fingerprint density at radius 1 is 1.09 bits per heavy atom.